The number of benzene rings is 2. The number of fused-ring (bicyclic) bond motifs is 1. The van der Waals surface area contributed by atoms with Crippen molar-refractivity contribution < 1.29 is 27.9 Å². The highest BCUT2D eigenvalue weighted by Gasteiger charge is 2.31. The minimum absolute atomic E-state index is 0.0473. The Balaban J connectivity index is 1.60. The second-order valence-corrected chi connectivity index (χ2v) is 9.92. The summed E-state index contributed by atoms with van der Waals surface area (Å²) in [6.07, 6.45) is 2.08. The van der Waals surface area contributed by atoms with Gasteiger partial charge in [-0.25, -0.2) is 9.18 Å². The lowest BCUT2D eigenvalue weighted by atomic mass is 9.91. The second kappa shape index (κ2) is 11.3. The number of halogens is 2. The number of carbonyl (C=O) groups excluding carboxylic acids is 3. The highest BCUT2D eigenvalue weighted by Crippen LogP contribution is 2.34. The third kappa shape index (κ3) is 6.07. The molecule has 37 heavy (non-hydrogen) atoms. The fourth-order valence-electron chi connectivity index (χ4n) is 4.76. The SMILES string of the molecule is CC(C)OC(=O)C[C@H]1CCCN(C(=O)[C@@H](C=O)c2ccc3c(-c4ccc(F)cc4Cl)cc(=O)oc3c2)C1. The molecule has 9 heteroatoms. The van der Waals surface area contributed by atoms with Crippen LogP contribution >= 0.6 is 11.6 Å². The summed E-state index contributed by atoms with van der Waals surface area (Å²) < 4.78 is 24.2. The zero-order chi connectivity index (χ0) is 26.7. The van der Waals surface area contributed by atoms with E-state index in [1.54, 1.807) is 30.9 Å². The third-order valence-corrected chi connectivity index (χ3v) is 6.72. The lowest BCUT2D eigenvalue weighted by Gasteiger charge is -2.34. The van der Waals surface area contributed by atoms with Crippen molar-refractivity contribution in [2.75, 3.05) is 13.1 Å². The monoisotopic (exact) mass is 527 g/mol. The molecule has 2 aromatic carbocycles. The van der Waals surface area contributed by atoms with E-state index in [1.807, 2.05) is 0 Å². The largest absolute Gasteiger partial charge is 0.463 e. The van der Waals surface area contributed by atoms with Gasteiger partial charge < -0.3 is 18.8 Å². The maximum Gasteiger partial charge on any atom is 0.336 e. The Kier molecular flexibility index (Phi) is 8.07. The highest BCUT2D eigenvalue weighted by atomic mass is 35.5. The molecule has 0 aliphatic carbocycles. The molecule has 2 atom stereocenters. The standard InChI is InChI=1S/C28H27ClFNO6/c1-16(2)36-26(33)10-17-4-3-9-31(14-17)28(35)23(15-32)18-5-7-21-22(13-27(34)37-25(21)11-18)20-8-6-19(30)12-24(20)29/h5-8,11-13,15-17,23H,3-4,9-10,14H2,1-2H3/t17-,23+/m1/s1. The van der Waals surface area contributed by atoms with Crippen LogP contribution in [0.2, 0.25) is 5.02 Å². The van der Waals surface area contributed by atoms with E-state index in [1.165, 1.54) is 24.3 Å². The van der Waals surface area contributed by atoms with Crippen LogP contribution < -0.4 is 5.63 Å². The molecule has 1 aromatic heterocycles. The van der Waals surface area contributed by atoms with E-state index in [-0.39, 0.29) is 40.9 Å². The van der Waals surface area contributed by atoms with Crippen molar-refractivity contribution in [2.24, 2.45) is 5.92 Å². The molecule has 1 aliphatic rings. The molecule has 2 heterocycles. The van der Waals surface area contributed by atoms with Crippen molar-refractivity contribution in [3.63, 3.8) is 0 Å². The summed E-state index contributed by atoms with van der Waals surface area (Å²) in [5.41, 5.74) is 0.796. The first-order valence-corrected chi connectivity index (χ1v) is 12.5. The topological polar surface area (TPSA) is 93.9 Å². The fourth-order valence-corrected chi connectivity index (χ4v) is 5.03. The van der Waals surface area contributed by atoms with Crippen LogP contribution in [0, 0.1) is 11.7 Å². The lowest BCUT2D eigenvalue weighted by molar-refractivity contribution is -0.150. The number of esters is 1. The molecule has 0 unspecified atom stereocenters. The first-order valence-electron chi connectivity index (χ1n) is 12.1. The van der Waals surface area contributed by atoms with Crippen LogP contribution in [0.3, 0.4) is 0 Å². The molecule has 4 rings (SSSR count). The first kappa shape index (κ1) is 26.5. The van der Waals surface area contributed by atoms with Crippen LogP contribution in [-0.2, 0) is 19.1 Å². The molecule has 0 radical (unpaired) electrons. The number of aldehydes is 1. The van der Waals surface area contributed by atoms with Crippen LogP contribution in [-0.4, -0.2) is 42.3 Å². The van der Waals surface area contributed by atoms with Gasteiger partial charge in [0.05, 0.1) is 17.5 Å². The van der Waals surface area contributed by atoms with Crippen molar-refractivity contribution in [1.29, 1.82) is 0 Å². The van der Waals surface area contributed by atoms with Gasteiger partial charge in [0.1, 0.15) is 23.6 Å². The Bertz CT molecular complexity index is 1400. The minimum Gasteiger partial charge on any atom is -0.463 e. The minimum atomic E-state index is -1.10. The molecular weight excluding hydrogens is 501 g/mol. The summed E-state index contributed by atoms with van der Waals surface area (Å²) in [7, 11) is 0. The Morgan fingerprint density at radius 2 is 1.97 bits per heavy atom. The number of hydrogen-bond donors (Lipinski definition) is 0. The molecular formula is C28H27ClFNO6. The molecule has 0 spiro atoms. The average Bonchev–Trinajstić information content (AvgIpc) is 2.83. The third-order valence-electron chi connectivity index (χ3n) is 6.40. The van der Waals surface area contributed by atoms with E-state index in [2.05, 4.69) is 0 Å². The maximum atomic E-state index is 13.5. The van der Waals surface area contributed by atoms with Gasteiger partial charge in [-0.2, -0.15) is 0 Å². The zero-order valence-corrected chi connectivity index (χ0v) is 21.3. The highest BCUT2D eigenvalue weighted by molar-refractivity contribution is 6.33. The van der Waals surface area contributed by atoms with Gasteiger partial charge in [0, 0.05) is 35.7 Å². The number of amides is 1. The Morgan fingerprint density at radius 1 is 1.19 bits per heavy atom. The number of nitrogens with zero attached hydrogens (tertiary/aromatic N) is 1. The predicted molar refractivity (Wildman–Crippen MR) is 137 cm³/mol. The van der Waals surface area contributed by atoms with Gasteiger partial charge in [0.25, 0.3) is 0 Å². The normalized spacial score (nSPS) is 16.6. The Hall–Kier alpha value is -3.52. The summed E-state index contributed by atoms with van der Waals surface area (Å²) in [6.45, 7) is 4.40. The second-order valence-electron chi connectivity index (χ2n) is 9.51. The van der Waals surface area contributed by atoms with E-state index in [9.17, 15) is 23.6 Å². The summed E-state index contributed by atoms with van der Waals surface area (Å²) in [5.74, 6) is -2.34. The molecule has 0 N–H and O–H groups in total. The van der Waals surface area contributed by atoms with Crippen LogP contribution in [0.15, 0.2) is 51.7 Å². The van der Waals surface area contributed by atoms with Crippen LogP contribution in [0.4, 0.5) is 4.39 Å². The van der Waals surface area contributed by atoms with Gasteiger partial charge in [-0.1, -0.05) is 23.7 Å². The van der Waals surface area contributed by atoms with Crippen molar-refractivity contribution >= 4 is 40.7 Å². The van der Waals surface area contributed by atoms with Crippen LogP contribution in [0.25, 0.3) is 22.1 Å². The summed E-state index contributed by atoms with van der Waals surface area (Å²) >= 11 is 6.22. The summed E-state index contributed by atoms with van der Waals surface area (Å²) in [5, 5.41) is 0.657. The summed E-state index contributed by atoms with van der Waals surface area (Å²) in [4.78, 5) is 51.4. The molecule has 7 nitrogen and oxygen atoms in total. The van der Waals surface area contributed by atoms with E-state index < -0.39 is 17.4 Å². The number of hydrogen-bond acceptors (Lipinski definition) is 6. The average molecular weight is 528 g/mol. The number of ether oxygens (including phenoxy) is 1. The quantitative estimate of drug-likeness (QED) is 0.183. The molecule has 0 saturated carbocycles. The molecule has 3 aromatic rings. The van der Waals surface area contributed by atoms with Gasteiger partial charge >= 0.3 is 11.6 Å². The molecule has 1 fully saturated rings. The molecule has 1 amide bonds. The maximum absolute atomic E-state index is 13.5. The first-order chi connectivity index (χ1) is 17.7. The smallest absolute Gasteiger partial charge is 0.336 e. The Labute approximate surface area is 218 Å². The lowest BCUT2D eigenvalue weighted by Crippen LogP contribution is -2.43. The van der Waals surface area contributed by atoms with E-state index >= 15 is 0 Å². The van der Waals surface area contributed by atoms with Crippen molar-refractivity contribution in [2.45, 2.75) is 45.1 Å². The zero-order valence-electron chi connectivity index (χ0n) is 20.5. The number of rotatable bonds is 7. The molecule has 0 bridgehead atoms. The van der Waals surface area contributed by atoms with Gasteiger partial charge in [-0.05, 0) is 62.4 Å². The number of carbonyl (C=O) groups is 3. The predicted octanol–water partition coefficient (Wildman–Crippen LogP) is 5.12. The van der Waals surface area contributed by atoms with E-state index in [4.69, 9.17) is 20.8 Å². The van der Waals surface area contributed by atoms with Gasteiger partial charge in [0.15, 0.2) is 0 Å². The summed E-state index contributed by atoms with van der Waals surface area (Å²) in [6, 6.07) is 9.90. The fraction of sp³-hybridized carbons (Fsp3) is 0.357. The van der Waals surface area contributed by atoms with Gasteiger partial charge in [0.2, 0.25) is 5.91 Å². The molecule has 1 aliphatic heterocycles. The van der Waals surface area contributed by atoms with E-state index in [0.29, 0.717) is 47.9 Å². The van der Waals surface area contributed by atoms with Gasteiger partial charge in [-0.15, -0.1) is 0 Å². The number of piperidine rings is 1. The van der Waals surface area contributed by atoms with Gasteiger partial charge in [-0.3, -0.25) is 9.59 Å². The van der Waals surface area contributed by atoms with Crippen molar-refractivity contribution in [3.05, 3.63) is 69.3 Å². The van der Waals surface area contributed by atoms with Crippen LogP contribution in [0.5, 0.6) is 0 Å². The molecule has 194 valence electrons. The number of likely N-dealkylation sites (tertiary alicyclic amines) is 1. The van der Waals surface area contributed by atoms with Crippen molar-refractivity contribution in [3.8, 4) is 11.1 Å². The molecule has 1 saturated heterocycles. The van der Waals surface area contributed by atoms with E-state index in [0.717, 1.165) is 12.5 Å². The Morgan fingerprint density at radius 3 is 2.68 bits per heavy atom. The van der Waals surface area contributed by atoms with Crippen LogP contribution in [0.1, 0.15) is 44.6 Å². The van der Waals surface area contributed by atoms with Crippen molar-refractivity contribution in [1.82, 2.24) is 4.90 Å².